The molecule has 0 aliphatic heterocycles. The molecule has 22 heavy (non-hydrogen) atoms. The maximum Gasteiger partial charge on any atom is 0.349 e. The predicted molar refractivity (Wildman–Crippen MR) is 71.1 cm³/mol. The van der Waals surface area contributed by atoms with E-state index < -0.39 is 28.8 Å². The maximum atomic E-state index is 14.4. The van der Waals surface area contributed by atoms with E-state index in [9.17, 15) is 22.4 Å². The van der Waals surface area contributed by atoms with Crippen molar-refractivity contribution in [1.29, 1.82) is 0 Å². The lowest BCUT2D eigenvalue weighted by Crippen LogP contribution is -2.73. The quantitative estimate of drug-likeness (QED) is 0.595. The highest BCUT2D eigenvalue weighted by atomic mass is 19.3. The Balaban J connectivity index is 1.94. The monoisotopic (exact) mass is 316 g/mol. The molecular weight excluding hydrogens is 300 g/mol. The van der Waals surface area contributed by atoms with Crippen molar-refractivity contribution in [1.82, 2.24) is 0 Å². The molecule has 0 heterocycles. The summed E-state index contributed by atoms with van der Waals surface area (Å²) in [4.78, 5) is 12.1. The summed E-state index contributed by atoms with van der Waals surface area (Å²) in [5.41, 5.74) is -4.08. The molecule has 4 rings (SSSR count). The Morgan fingerprint density at radius 2 is 1.50 bits per heavy atom. The normalized spacial score (nSPS) is 35.1. The van der Waals surface area contributed by atoms with Crippen molar-refractivity contribution in [3.05, 3.63) is 35.9 Å². The van der Waals surface area contributed by atoms with Crippen molar-refractivity contribution < 1.29 is 27.1 Å². The SMILES string of the molecule is CC12CCC(OC(=O)c3ccccc3)(CC1)C(F)(F)C2(F)F. The highest BCUT2D eigenvalue weighted by Gasteiger charge is 2.82. The average Bonchev–Trinajstić information content (AvgIpc) is 2.49. The maximum absolute atomic E-state index is 14.4. The molecule has 0 spiro atoms. The van der Waals surface area contributed by atoms with Gasteiger partial charge in [-0.3, -0.25) is 0 Å². The van der Waals surface area contributed by atoms with Gasteiger partial charge in [0.05, 0.1) is 5.56 Å². The Kier molecular flexibility index (Phi) is 3.10. The van der Waals surface area contributed by atoms with Gasteiger partial charge in [-0.25, -0.2) is 4.79 Å². The molecule has 1 aromatic rings. The molecule has 0 radical (unpaired) electrons. The molecule has 0 amide bonds. The molecule has 3 saturated carbocycles. The van der Waals surface area contributed by atoms with Crippen LogP contribution in [0.15, 0.2) is 30.3 Å². The second kappa shape index (κ2) is 4.46. The molecular formula is C16H16F4O2. The molecule has 2 nitrogen and oxygen atoms in total. The van der Waals surface area contributed by atoms with Gasteiger partial charge in [0, 0.05) is 5.41 Å². The van der Waals surface area contributed by atoms with E-state index in [1.807, 2.05) is 0 Å². The summed E-state index contributed by atoms with van der Waals surface area (Å²) in [5, 5.41) is 0. The van der Waals surface area contributed by atoms with Crippen molar-refractivity contribution in [3.8, 4) is 0 Å². The summed E-state index contributed by atoms with van der Waals surface area (Å²) >= 11 is 0. The van der Waals surface area contributed by atoms with Crippen molar-refractivity contribution in [3.63, 3.8) is 0 Å². The van der Waals surface area contributed by atoms with Gasteiger partial charge in [0.1, 0.15) is 0 Å². The third-order valence-corrected chi connectivity index (χ3v) is 5.18. The summed E-state index contributed by atoms with van der Waals surface area (Å²) in [6.07, 6.45) is -0.662. The van der Waals surface area contributed by atoms with E-state index in [1.165, 1.54) is 19.1 Å². The van der Waals surface area contributed by atoms with Gasteiger partial charge in [-0.2, -0.15) is 17.6 Å². The lowest BCUT2D eigenvalue weighted by atomic mass is 9.55. The van der Waals surface area contributed by atoms with Gasteiger partial charge in [-0.1, -0.05) is 25.1 Å². The summed E-state index contributed by atoms with van der Waals surface area (Å²) in [6, 6.07) is 7.58. The van der Waals surface area contributed by atoms with E-state index in [0.717, 1.165) is 0 Å². The van der Waals surface area contributed by atoms with E-state index in [-0.39, 0.29) is 31.2 Å². The van der Waals surface area contributed by atoms with Crippen LogP contribution in [0.4, 0.5) is 17.6 Å². The van der Waals surface area contributed by atoms with Gasteiger partial charge in [-0.05, 0) is 37.8 Å². The van der Waals surface area contributed by atoms with Gasteiger partial charge >= 0.3 is 17.8 Å². The molecule has 120 valence electrons. The van der Waals surface area contributed by atoms with Crippen LogP contribution in [0, 0.1) is 5.41 Å². The Bertz CT molecular complexity index is 589. The molecule has 0 unspecified atom stereocenters. The second-order valence-corrected chi connectivity index (χ2v) is 6.46. The van der Waals surface area contributed by atoms with E-state index >= 15 is 0 Å². The summed E-state index contributed by atoms with van der Waals surface area (Å²) in [6.45, 7) is 1.18. The summed E-state index contributed by atoms with van der Waals surface area (Å²) < 4.78 is 62.3. The van der Waals surface area contributed by atoms with Crippen LogP contribution in [0.3, 0.4) is 0 Å². The van der Waals surface area contributed by atoms with Crippen LogP contribution in [-0.2, 0) is 4.74 Å². The van der Waals surface area contributed by atoms with Crippen molar-refractivity contribution in [2.75, 3.05) is 0 Å². The van der Waals surface area contributed by atoms with Crippen LogP contribution in [0.1, 0.15) is 43.0 Å². The number of hydrogen-bond acceptors (Lipinski definition) is 2. The standard InChI is InChI=1S/C16H16F4O2/c1-13-7-9-14(10-8-13,16(19,20)15(13,17)18)22-12(21)11-5-3-2-4-6-11/h2-6H,7-10H2,1H3. The minimum Gasteiger partial charge on any atom is -0.449 e. The van der Waals surface area contributed by atoms with Crippen LogP contribution in [0.25, 0.3) is 0 Å². The van der Waals surface area contributed by atoms with Gasteiger partial charge in [0.15, 0.2) is 5.60 Å². The van der Waals surface area contributed by atoms with Crippen molar-refractivity contribution in [2.45, 2.75) is 50.1 Å². The number of esters is 1. The number of benzene rings is 1. The first kappa shape index (κ1) is 15.3. The van der Waals surface area contributed by atoms with E-state index in [0.29, 0.717) is 0 Å². The van der Waals surface area contributed by atoms with Crippen molar-refractivity contribution >= 4 is 5.97 Å². The molecule has 3 aliphatic rings. The van der Waals surface area contributed by atoms with E-state index in [1.54, 1.807) is 18.2 Å². The Morgan fingerprint density at radius 3 is 2.05 bits per heavy atom. The molecule has 0 N–H and O–H groups in total. The molecule has 0 atom stereocenters. The first-order valence-electron chi connectivity index (χ1n) is 7.19. The molecule has 0 aromatic heterocycles. The highest BCUT2D eigenvalue weighted by molar-refractivity contribution is 5.89. The minimum atomic E-state index is -4.37. The summed E-state index contributed by atoms with van der Waals surface area (Å²) in [5.74, 6) is -9.54. The fraction of sp³-hybridized carbons (Fsp3) is 0.562. The molecule has 3 aliphatic carbocycles. The number of hydrogen-bond donors (Lipinski definition) is 0. The topological polar surface area (TPSA) is 26.3 Å². The Morgan fingerprint density at radius 1 is 0.955 bits per heavy atom. The fourth-order valence-corrected chi connectivity index (χ4v) is 3.48. The molecule has 2 bridgehead atoms. The van der Waals surface area contributed by atoms with Gasteiger partial charge in [-0.15, -0.1) is 0 Å². The lowest BCUT2D eigenvalue weighted by Gasteiger charge is -2.58. The predicted octanol–water partition coefficient (Wildman–Crippen LogP) is 4.45. The highest BCUT2D eigenvalue weighted by Crippen LogP contribution is 2.67. The van der Waals surface area contributed by atoms with Crippen molar-refractivity contribution in [2.24, 2.45) is 5.41 Å². The van der Waals surface area contributed by atoms with Gasteiger partial charge in [0.2, 0.25) is 0 Å². The Labute approximate surface area is 125 Å². The number of alkyl halides is 4. The van der Waals surface area contributed by atoms with E-state index in [2.05, 4.69) is 0 Å². The number of fused-ring (bicyclic) bond motifs is 3. The first-order chi connectivity index (χ1) is 10.2. The van der Waals surface area contributed by atoms with Gasteiger partial charge < -0.3 is 4.74 Å². The third kappa shape index (κ3) is 1.75. The third-order valence-electron chi connectivity index (χ3n) is 5.18. The number of ether oxygens (including phenoxy) is 1. The van der Waals surface area contributed by atoms with Gasteiger partial charge in [0.25, 0.3) is 0 Å². The fourth-order valence-electron chi connectivity index (χ4n) is 3.48. The zero-order valence-corrected chi connectivity index (χ0v) is 12.0. The molecule has 6 heteroatoms. The second-order valence-electron chi connectivity index (χ2n) is 6.46. The average molecular weight is 316 g/mol. The van der Waals surface area contributed by atoms with E-state index in [4.69, 9.17) is 4.74 Å². The van der Waals surface area contributed by atoms with Crippen LogP contribution < -0.4 is 0 Å². The number of carbonyl (C=O) groups excluding carboxylic acids is 1. The molecule has 0 saturated heterocycles. The van der Waals surface area contributed by atoms with Crippen LogP contribution in [0.2, 0.25) is 0 Å². The first-order valence-corrected chi connectivity index (χ1v) is 7.19. The van der Waals surface area contributed by atoms with Crippen LogP contribution in [0.5, 0.6) is 0 Å². The summed E-state index contributed by atoms with van der Waals surface area (Å²) in [7, 11) is 0. The zero-order chi connectivity index (χ0) is 16.2. The number of rotatable bonds is 2. The number of carbonyl (C=O) groups is 1. The lowest BCUT2D eigenvalue weighted by molar-refractivity contribution is -0.376. The number of halogens is 4. The smallest absolute Gasteiger partial charge is 0.349 e. The van der Waals surface area contributed by atoms with Crippen LogP contribution in [-0.4, -0.2) is 23.4 Å². The largest absolute Gasteiger partial charge is 0.449 e. The minimum absolute atomic E-state index is 0.0786. The van der Waals surface area contributed by atoms with Crippen LogP contribution >= 0.6 is 0 Å². The zero-order valence-electron chi connectivity index (χ0n) is 12.0. The molecule has 3 fully saturated rings. The Hall–Kier alpha value is -1.59. The molecule has 1 aromatic carbocycles.